The molecule has 0 spiro atoms. The first-order valence-corrected chi connectivity index (χ1v) is 19.6. The second kappa shape index (κ2) is 11.5. The topological polar surface area (TPSA) is 13.1 Å². The summed E-state index contributed by atoms with van der Waals surface area (Å²) in [7, 11) is 0. The van der Waals surface area contributed by atoms with E-state index < -0.39 is 0 Å². The van der Waals surface area contributed by atoms with Gasteiger partial charge in [-0.1, -0.05) is 172 Å². The molecule has 56 heavy (non-hydrogen) atoms. The average Bonchev–Trinajstić information content (AvgIpc) is 3.72. The molecule has 0 unspecified atom stereocenters. The molecule has 1 aromatic heterocycles. The highest BCUT2D eigenvalue weighted by atomic mass is 16.3. The molecule has 0 saturated heterocycles. The van der Waals surface area contributed by atoms with Gasteiger partial charge in [0.2, 0.25) is 0 Å². The second-order valence-corrected chi connectivity index (χ2v) is 16.0. The van der Waals surface area contributed by atoms with Crippen molar-refractivity contribution >= 4 is 65.0 Å². The van der Waals surface area contributed by atoms with E-state index in [1.165, 1.54) is 98.7 Å². The van der Waals surface area contributed by atoms with Crippen LogP contribution in [0.25, 0.3) is 110 Å². The van der Waals surface area contributed by atoms with Gasteiger partial charge in [-0.05, 0) is 123 Å². The van der Waals surface area contributed by atoms with Crippen molar-refractivity contribution in [3.63, 3.8) is 0 Å². The van der Waals surface area contributed by atoms with Crippen LogP contribution < -0.4 is 0 Å². The van der Waals surface area contributed by atoms with Crippen molar-refractivity contribution in [1.82, 2.24) is 0 Å². The van der Waals surface area contributed by atoms with Crippen LogP contribution in [-0.2, 0) is 5.41 Å². The highest BCUT2D eigenvalue weighted by Gasteiger charge is 2.36. The third-order valence-electron chi connectivity index (χ3n) is 12.7. The Hall–Kier alpha value is -6.96. The van der Waals surface area contributed by atoms with Crippen LogP contribution in [0.5, 0.6) is 0 Å². The van der Waals surface area contributed by atoms with Gasteiger partial charge in [0.05, 0.1) is 0 Å². The third-order valence-corrected chi connectivity index (χ3v) is 12.7. The lowest BCUT2D eigenvalue weighted by Crippen LogP contribution is -2.14. The van der Waals surface area contributed by atoms with Gasteiger partial charge < -0.3 is 4.42 Å². The zero-order valence-corrected chi connectivity index (χ0v) is 31.2. The minimum atomic E-state index is -0.0780. The van der Waals surface area contributed by atoms with Crippen LogP contribution in [0.1, 0.15) is 25.0 Å². The first-order chi connectivity index (χ1) is 27.5. The molecule has 1 heterocycles. The van der Waals surface area contributed by atoms with Gasteiger partial charge in [-0.3, -0.25) is 0 Å². The smallest absolute Gasteiger partial charge is 0.135 e. The Morgan fingerprint density at radius 2 is 0.857 bits per heavy atom. The zero-order chi connectivity index (χ0) is 37.1. The molecule has 11 aromatic rings. The summed E-state index contributed by atoms with van der Waals surface area (Å²) in [5.74, 6) is 0. The number of furan rings is 1. The molecule has 0 atom stereocenters. The van der Waals surface area contributed by atoms with E-state index in [-0.39, 0.29) is 5.41 Å². The molecule has 0 amide bonds. The minimum absolute atomic E-state index is 0.0780. The van der Waals surface area contributed by atoms with E-state index in [9.17, 15) is 0 Å². The van der Waals surface area contributed by atoms with Crippen LogP contribution in [-0.4, -0.2) is 0 Å². The van der Waals surface area contributed by atoms with E-state index in [0.717, 1.165) is 21.9 Å². The fourth-order valence-electron chi connectivity index (χ4n) is 10.1. The molecule has 1 nitrogen and oxygen atoms in total. The van der Waals surface area contributed by atoms with E-state index in [4.69, 9.17) is 4.42 Å². The number of fused-ring (bicyclic) bond motifs is 10. The highest BCUT2D eigenvalue weighted by molar-refractivity contribution is 6.25. The lowest BCUT2D eigenvalue weighted by molar-refractivity contribution is 0.647. The Labute approximate surface area is 325 Å². The van der Waals surface area contributed by atoms with E-state index in [1.807, 2.05) is 0 Å². The van der Waals surface area contributed by atoms with Crippen molar-refractivity contribution in [1.29, 1.82) is 0 Å². The van der Waals surface area contributed by atoms with Gasteiger partial charge >= 0.3 is 0 Å². The minimum Gasteiger partial charge on any atom is -0.456 e. The van der Waals surface area contributed by atoms with Crippen molar-refractivity contribution in [2.75, 3.05) is 0 Å². The predicted molar refractivity (Wildman–Crippen MR) is 238 cm³/mol. The van der Waals surface area contributed by atoms with Gasteiger partial charge in [-0.2, -0.15) is 0 Å². The maximum absolute atomic E-state index is 6.62. The van der Waals surface area contributed by atoms with Crippen LogP contribution in [0.2, 0.25) is 0 Å². The number of hydrogen-bond acceptors (Lipinski definition) is 1. The highest BCUT2D eigenvalue weighted by Crippen LogP contribution is 2.52. The SMILES string of the molecule is CC1(C)c2ccccc2-c2cc3c(cc21)oc1ccc(-c2c4ccccc4c(-c4ccc(-c5cccc6ccccc56)c5ccccc45)c4ccccc24)cc13. The van der Waals surface area contributed by atoms with Gasteiger partial charge in [-0.25, -0.2) is 0 Å². The van der Waals surface area contributed by atoms with E-state index in [1.54, 1.807) is 0 Å². The van der Waals surface area contributed by atoms with Crippen LogP contribution in [0.4, 0.5) is 0 Å². The predicted octanol–water partition coefficient (Wildman–Crippen LogP) is 15.5. The number of benzene rings is 10. The Bertz CT molecular complexity index is 3390. The summed E-state index contributed by atoms with van der Waals surface area (Å²) in [5, 5.41) is 12.3. The first-order valence-electron chi connectivity index (χ1n) is 19.6. The molecule has 1 heteroatoms. The molecule has 10 aromatic carbocycles. The Balaban J connectivity index is 1.10. The molecule has 0 saturated carbocycles. The van der Waals surface area contributed by atoms with E-state index in [0.29, 0.717) is 0 Å². The van der Waals surface area contributed by atoms with Gasteiger partial charge in [0.25, 0.3) is 0 Å². The Morgan fingerprint density at radius 3 is 1.61 bits per heavy atom. The largest absolute Gasteiger partial charge is 0.456 e. The van der Waals surface area contributed by atoms with E-state index >= 15 is 0 Å². The van der Waals surface area contributed by atoms with Crippen molar-refractivity contribution in [3.05, 3.63) is 193 Å². The molecule has 0 radical (unpaired) electrons. The van der Waals surface area contributed by atoms with Crippen molar-refractivity contribution in [2.24, 2.45) is 0 Å². The van der Waals surface area contributed by atoms with Crippen molar-refractivity contribution in [2.45, 2.75) is 19.3 Å². The summed E-state index contributed by atoms with van der Waals surface area (Å²) >= 11 is 0. The van der Waals surface area contributed by atoms with Gasteiger partial charge in [-0.15, -0.1) is 0 Å². The molecule has 0 N–H and O–H groups in total. The summed E-state index contributed by atoms with van der Waals surface area (Å²) in [5.41, 5.74) is 14.6. The summed E-state index contributed by atoms with van der Waals surface area (Å²) in [4.78, 5) is 0. The Morgan fingerprint density at radius 1 is 0.321 bits per heavy atom. The van der Waals surface area contributed by atoms with Crippen LogP contribution in [0.15, 0.2) is 186 Å². The van der Waals surface area contributed by atoms with Crippen molar-refractivity contribution in [3.8, 4) is 44.5 Å². The summed E-state index contributed by atoms with van der Waals surface area (Å²) in [6, 6.07) is 67.2. The van der Waals surface area contributed by atoms with Gasteiger partial charge in [0.1, 0.15) is 11.2 Å². The first kappa shape index (κ1) is 31.4. The number of hydrogen-bond donors (Lipinski definition) is 0. The Kier molecular flexibility index (Phi) is 6.46. The zero-order valence-electron chi connectivity index (χ0n) is 31.2. The second-order valence-electron chi connectivity index (χ2n) is 16.0. The summed E-state index contributed by atoms with van der Waals surface area (Å²) < 4.78 is 6.62. The van der Waals surface area contributed by atoms with Gasteiger partial charge in [0, 0.05) is 16.2 Å². The summed E-state index contributed by atoms with van der Waals surface area (Å²) in [6.07, 6.45) is 0. The van der Waals surface area contributed by atoms with Crippen LogP contribution in [0, 0.1) is 0 Å². The van der Waals surface area contributed by atoms with Crippen LogP contribution in [0.3, 0.4) is 0 Å². The molecule has 262 valence electrons. The lowest BCUT2D eigenvalue weighted by Gasteiger charge is -2.21. The fraction of sp³-hybridized carbons (Fsp3) is 0.0545. The summed E-state index contributed by atoms with van der Waals surface area (Å²) in [6.45, 7) is 4.65. The lowest BCUT2D eigenvalue weighted by atomic mass is 9.82. The molecule has 12 rings (SSSR count). The quantitative estimate of drug-likeness (QED) is 0.166. The molecule has 1 aliphatic rings. The van der Waals surface area contributed by atoms with Crippen LogP contribution >= 0.6 is 0 Å². The molecule has 1 aliphatic carbocycles. The van der Waals surface area contributed by atoms with Gasteiger partial charge in [0.15, 0.2) is 0 Å². The monoisotopic (exact) mass is 712 g/mol. The third kappa shape index (κ3) is 4.31. The van der Waals surface area contributed by atoms with Crippen molar-refractivity contribution < 1.29 is 4.42 Å². The molecular weight excluding hydrogens is 677 g/mol. The molecule has 0 bridgehead atoms. The average molecular weight is 713 g/mol. The molecule has 0 fully saturated rings. The standard InChI is InChI=1S/C55H36O/c1-55(2)49-25-12-11-19-40(49)46-31-48-47-30-34(26-29-51(47)56-52(48)32-50(46)55)53-41-20-7-9-22-43(41)54(44-23-10-8-21-42(44)53)45-28-27-39(37-17-5-6-18-38(37)45)36-24-13-15-33-14-3-4-16-35(33)36/h3-32H,1-2H3. The maximum atomic E-state index is 6.62. The maximum Gasteiger partial charge on any atom is 0.135 e. The number of rotatable bonds is 3. The van der Waals surface area contributed by atoms with E-state index in [2.05, 4.69) is 196 Å². The molecular formula is C55H36O. The molecule has 0 aliphatic heterocycles. The normalized spacial score (nSPS) is 13.3. The fourth-order valence-corrected chi connectivity index (χ4v) is 10.1.